The molecule has 20 heavy (non-hydrogen) atoms. The number of benzene rings is 1. The number of nitrogen functional groups attached to an aromatic ring is 1. The molecule has 0 spiro atoms. The van der Waals surface area contributed by atoms with Gasteiger partial charge in [0.1, 0.15) is 0 Å². The zero-order valence-electron chi connectivity index (χ0n) is 11.7. The van der Waals surface area contributed by atoms with Crippen LogP contribution in [0, 0.1) is 0 Å². The third-order valence-corrected chi connectivity index (χ3v) is 2.51. The maximum absolute atomic E-state index is 5.64. The molecule has 6 nitrogen and oxygen atoms in total. The van der Waals surface area contributed by atoms with E-state index in [1.165, 1.54) is 5.56 Å². The molecule has 0 unspecified atom stereocenters. The summed E-state index contributed by atoms with van der Waals surface area (Å²) in [5.41, 5.74) is 6.89. The molecule has 1 aromatic heterocycles. The average Bonchev–Trinajstić information content (AvgIpc) is 2.38. The van der Waals surface area contributed by atoms with Gasteiger partial charge in [0, 0.05) is 6.54 Å². The van der Waals surface area contributed by atoms with Crippen molar-refractivity contribution in [3.8, 4) is 6.01 Å². The maximum atomic E-state index is 5.64. The van der Waals surface area contributed by atoms with Gasteiger partial charge in [0.2, 0.25) is 11.9 Å². The molecule has 2 rings (SSSR count). The Balaban J connectivity index is 1.93. The standard InChI is InChI=1S/C14H19N5O/c1-10(2)20-14-18-12(15)17-13(19-14)16-9-8-11-6-4-3-5-7-11/h3-7,10H,8-9H2,1-2H3,(H3,15,16,17,18,19). The number of nitrogens with two attached hydrogens (primary N) is 1. The van der Waals surface area contributed by atoms with E-state index in [1.54, 1.807) is 0 Å². The zero-order valence-corrected chi connectivity index (χ0v) is 11.7. The highest BCUT2D eigenvalue weighted by Crippen LogP contribution is 2.10. The van der Waals surface area contributed by atoms with Crippen LogP contribution in [0.4, 0.5) is 11.9 Å². The van der Waals surface area contributed by atoms with E-state index in [-0.39, 0.29) is 18.1 Å². The van der Waals surface area contributed by atoms with Crippen LogP contribution in [0.5, 0.6) is 6.01 Å². The highest BCUT2D eigenvalue weighted by Gasteiger charge is 2.06. The molecular formula is C14H19N5O. The van der Waals surface area contributed by atoms with Crippen molar-refractivity contribution in [2.45, 2.75) is 26.4 Å². The second-order valence-electron chi connectivity index (χ2n) is 4.63. The van der Waals surface area contributed by atoms with Crippen LogP contribution in [0.25, 0.3) is 0 Å². The van der Waals surface area contributed by atoms with Crippen LogP contribution < -0.4 is 15.8 Å². The topological polar surface area (TPSA) is 86.0 Å². The monoisotopic (exact) mass is 273 g/mol. The van der Waals surface area contributed by atoms with Gasteiger partial charge in [0.05, 0.1) is 6.10 Å². The van der Waals surface area contributed by atoms with Crippen LogP contribution in [0.3, 0.4) is 0 Å². The summed E-state index contributed by atoms with van der Waals surface area (Å²) in [7, 11) is 0. The molecule has 0 saturated heterocycles. The fourth-order valence-electron chi connectivity index (χ4n) is 1.68. The second kappa shape index (κ2) is 6.70. The summed E-state index contributed by atoms with van der Waals surface area (Å²) in [5.74, 6) is 0.585. The van der Waals surface area contributed by atoms with Gasteiger partial charge in [-0.3, -0.25) is 0 Å². The van der Waals surface area contributed by atoms with Gasteiger partial charge in [-0.15, -0.1) is 0 Å². The van der Waals surface area contributed by atoms with Crippen molar-refractivity contribution in [1.82, 2.24) is 15.0 Å². The summed E-state index contributed by atoms with van der Waals surface area (Å²) in [5, 5.41) is 3.13. The minimum atomic E-state index is -0.00558. The molecule has 3 N–H and O–H groups in total. The Kier molecular flexibility index (Phi) is 4.70. The Labute approximate surface area is 118 Å². The predicted octanol–water partition coefficient (Wildman–Crippen LogP) is 1.90. The number of nitrogens with one attached hydrogen (secondary N) is 1. The minimum Gasteiger partial charge on any atom is -0.461 e. The molecule has 0 amide bonds. The average molecular weight is 273 g/mol. The quantitative estimate of drug-likeness (QED) is 0.836. The largest absolute Gasteiger partial charge is 0.461 e. The molecule has 0 aliphatic heterocycles. The highest BCUT2D eigenvalue weighted by atomic mass is 16.5. The molecule has 106 valence electrons. The Hall–Kier alpha value is -2.37. The van der Waals surface area contributed by atoms with Crippen molar-refractivity contribution >= 4 is 11.9 Å². The van der Waals surface area contributed by atoms with E-state index in [2.05, 4.69) is 32.4 Å². The fourth-order valence-corrected chi connectivity index (χ4v) is 1.68. The highest BCUT2D eigenvalue weighted by molar-refractivity contribution is 5.32. The van der Waals surface area contributed by atoms with Crippen molar-refractivity contribution in [2.24, 2.45) is 0 Å². The van der Waals surface area contributed by atoms with Crippen LogP contribution in [-0.4, -0.2) is 27.6 Å². The van der Waals surface area contributed by atoms with Crippen molar-refractivity contribution in [1.29, 1.82) is 0 Å². The first-order chi connectivity index (χ1) is 9.63. The zero-order chi connectivity index (χ0) is 14.4. The number of ether oxygens (including phenoxy) is 1. The fraction of sp³-hybridized carbons (Fsp3) is 0.357. The molecule has 0 saturated carbocycles. The third kappa shape index (κ3) is 4.38. The molecule has 0 atom stereocenters. The van der Waals surface area contributed by atoms with Crippen molar-refractivity contribution in [3.05, 3.63) is 35.9 Å². The van der Waals surface area contributed by atoms with Crippen molar-refractivity contribution in [3.63, 3.8) is 0 Å². The van der Waals surface area contributed by atoms with Crippen LogP contribution in [0.1, 0.15) is 19.4 Å². The van der Waals surface area contributed by atoms with Gasteiger partial charge < -0.3 is 15.8 Å². The summed E-state index contributed by atoms with van der Waals surface area (Å²) < 4.78 is 5.42. The predicted molar refractivity (Wildman–Crippen MR) is 78.6 cm³/mol. The second-order valence-corrected chi connectivity index (χ2v) is 4.63. The minimum absolute atomic E-state index is 0.00558. The first kappa shape index (κ1) is 14.0. The van der Waals surface area contributed by atoms with E-state index in [0.29, 0.717) is 12.5 Å². The lowest BCUT2D eigenvalue weighted by molar-refractivity contribution is 0.222. The van der Waals surface area contributed by atoms with Crippen LogP contribution in [0.2, 0.25) is 0 Å². The summed E-state index contributed by atoms with van der Waals surface area (Å²) >= 11 is 0. The normalized spacial score (nSPS) is 10.6. The summed E-state index contributed by atoms with van der Waals surface area (Å²) in [6.07, 6.45) is 0.876. The maximum Gasteiger partial charge on any atom is 0.323 e. The van der Waals surface area contributed by atoms with Crippen LogP contribution in [-0.2, 0) is 6.42 Å². The summed E-state index contributed by atoms with van der Waals surface area (Å²) in [4.78, 5) is 12.1. The van der Waals surface area contributed by atoms with Gasteiger partial charge in [-0.2, -0.15) is 15.0 Å². The van der Waals surface area contributed by atoms with E-state index in [1.807, 2.05) is 32.0 Å². The number of hydrogen-bond acceptors (Lipinski definition) is 6. The number of anilines is 2. The van der Waals surface area contributed by atoms with Gasteiger partial charge in [-0.1, -0.05) is 30.3 Å². The van der Waals surface area contributed by atoms with Gasteiger partial charge >= 0.3 is 6.01 Å². The molecule has 0 radical (unpaired) electrons. The van der Waals surface area contributed by atoms with Crippen LogP contribution in [0.15, 0.2) is 30.3 Å². The first-order valence-electron chi connectivity index (χ1n) is 6.59. The Morgan fingerprint density at radius 3 is 2.60 bits per heavy atom. The van der Waals surface area contributed by atoms with Crippen LogP contribution >= 0.6 is 0 Å². The lowest BCUT2D eigenvalue weighted by atomic mass is 10.1. The van der Waals surface area contributed by atoms with E-state index in [4.69, 9.17) is 10.5 Å². The number of aromatic nitrogens is 3. The van der Waals surface area contributed by atoms with Crippen molar-refractivity contribution in [2.75, 3.05) is 17.6 Å². The van der Waals surface area contributed by atoms with E-state index in [0.717, 1.165) is 6.42 Å². The molecule has 6 heteroatoms. The van der Waals surface area contributed by atoms with Gasteiger partial charge in [-0.05, 0) is 25.8 Å². The molecule has 0 aliphatic carbocycles. The summed E-state index contributed by atoms with van der Waals surface area (Å²) in [6.45, 7) is 4.53. The summed E-state index contributed by atoms with van der Waals surface area (Å²) in [6, 6.07) is 10.4. The molecule has 2 aromatic rings. The number of rotatable bonds is 6. The molecular weight excluding hydrogens is 254 g/mol. The third-order valence-electron chi connectivity index (χ3n) is 2.51. The van der Waals surface area contributed by atoms with E-state index >= 15 is 0 Å². The molecule has 0 bridgehead atoms. The number of nitrogens with zero attached hydrogens (tertiary/aromatic N) is 3. The Bertz CT molecular complexity index is 545. The molecule has 0 fully saturated rings. The lowest BCUT2D eigenvalue weighted by Gasteiger charge is -2.10. The van der Waals surface area contributed by atoms with Gasteiger partial charge in [-0.25, -0.2) is 0 Å². The molecule has 1 heterocycles. The van der Waals surface area contributed by atoms with Gasteiger partial charge in [0.25, 0.3) is 0 Å². The van der Waals surface area contributed by atoms with Gasteiger partial charge in [0.15, 0.2) is 0 Å². The molecule has 0 aliphatic rings. The lowest BCUT2D eigenvalue weighted by Crippen LogP contribution is -2.14. The van der Waals surface area contributed by atoms with E-state index in [9.17, 15) is 0 Å². The molecule has 1 aromatic carbocycles. The Morgan fingerprint density at radius 1 is 1.15 bits per heavy atom. The van der Waals surface area contributed by atoms with Crippen molar-refractivity contribution < 1.29 is 4.74 Å². The smallest absolute Gasteiger partial charge is 0.323 e. The first-order valence-corrected chi connectivity index (χ1v) is 6.59. The number of hydrogen-bond donors (Lipinski definition) is 2. The SMILES string of the molecule is CC(C)Oc1nc(N)nc(NCCc2ccccc2)n1. The Morgan fingerprint density at radius 2 is 1.90 bits per heavy atom. The van der Waals surface area contributed by atoms with E-state index < -0.39 is 0 Å².